The van der Waals surface area contributed by atoms with E-state index in [1.54, 1.807) is 0 Å². The molecule has 0 aromatic carbocycles. The summed E-state index contributed by atoms with van der Waals surface area (Å²) in [5.74, 6) is 2.52. The molecular formula is C4H10PtS. The van der Waals surface area contributed by atoms with E-state index in [1.807, 2.05) is 11.8 Å². The van der Waals surface area contributed by atoms with Crippen molar-refractivity contribution in [3.05, 3.63) is 0 Å². The third kappa shape index (κ3) is 8.90. The third-order valence-corrected chi connectivity index (χ3v) is 1.22. The minimum Gasteiger partial charge on any atom is -0.163 e. The van der Waals surface area contributed by atoms with Crippen LogP contribution in [-0.2, 0) is 21.1 Å². The van der Waals surface area contributed by atoms with E-state index in [-0.39, 0.29) is 21.1 Å². The van der Waals surface area contributed by atoms with Gasteiger partial charge in [-0.05, 0) is 11.5 Å². The monoisotopic (exact) mass is 285 g/mol. The average molecular weight is 285 g/mol. The van der Waals surface area contributed by atoms with Gasteiger partial charge in [-0.15, -0.1) is 0 Å². The van der Waals surface area contributed by atoms with Crippen LogP contribution in [0.15, 0.2) is 0 Å². The largest absolute Gasteiger partial charge is 0.163 e. The molecule has 0 atom stereocenters. The molecular weight excluding hydrogens is 275 g/mol. The normalized spacial score (nSPS) is 7.00. The molecule has 2 heteroatoms. The van der Waals surface area contributed by atoms with Gasteiger partial charge >= 0.3 is 0 Å². The van der Waals surface area contributed by atoms with Crippen molar-refractivity contribution in [1.29, 1.82) is 0 Å². The molecule has 0 aliphatic carbocycles. The molecule has 0 amide bonds. The number of rotatable bonds is 2. The molecule has 0 aliphatic rings. The van der Waals surface area contributed by atoms with E-state index in [0.717, 1.165) is 0 Å². The maximum Gasteiger partial charge on any atom is 0 e. The van der Waals surface area contributed by atoms with Gasteiger partial charge in [0.25, 0.3) is 0 Å². The van der Waals surface area contributed by atoms with Crippen molar-refractivity contribution in [2.24, 2.45) is 0 Å². The van der Waals surface area contributed by atoms with Gasteiger partial charge < -0.3 is 0 Å². The topological polar surface area (TPSA) is 0 Å². The van der Waals surface area contributed by atoms with E-state index in [4.69, 9.17) is 0 Å². The zero-order chi connectivity index (χ0) is 4.12. The second-order valence-corrected chi connectivity index (χ2v) is 2.34. The van der Waals surface area contributed by atoms with Crippen molar-refractivity contribution < 1.29 is 21.1 Å². The third-order valence-electron chi connectivity index (χ3n) is 0.408. The van der Waals surface area contributed by atoms with Crippen LogP contribution < -0.4 is 0 Å². The number of hydrogen-bond donors (Lipinski definition) is 0. The molecule has 0 nitrogen and oxygen atoms in total. The van der Waals surface area contributed by atoms with Crippen molar-refractivity contribution in [2.75, 3.05) is 11.5 Å². The predicted molar refractivity (Wildman–Crippen MR) is 28.7 cm³/mol. The van der Waals surface area contributed by atoms with E-state index < -0.39 is 0 Å². The summed E-state index contributed by atoms with van der Waals surface area (Å²) in [6.45, 7) is 4.35. The van der Waals surface area contributed by atoms with E-state index in [9.17, 15) is 0 Å². The first-order valence-electron chi connectivity index (χ1n) is 1.99. The summed E-state index contributed by atoms with van der Waals surface area (Å²) in [4.78, 5) is 0. The standard InChI is InChI=1S/C4H10S.Pt/c1-3-5-4-2;/h3-4H2,1-2H3;. The molecule has 0 aliphatic heterocycles. The van der Waals surface area contributed by atoms with Crippen molar-refractivity contribution in [2.45, 2.75) is 13.8 Å². The minimum absolute atomic E-state index is 0. The Kier molecular flexibility index (Phi) is 15.8. The van der Waals surface area contributed by atoms with Crippen LogP contribution in [0.3, 0.4) is 0 Å². The molecule has 0 fully saturated rings. The van der Waals surface area contributed by atoms with Gasteiger partial charge in [0, 0.05) is 21.1 Å². The van der Waals surface area contributed by atoms with Crippen LogP contribution in [0, 0.1) is 0 Å². The summed E-state index contributed by atoms with van der Waals surface area (Å²) in [5, 5.41) is 0. The van der Waals surface area contributed by atoms with Crippen LogP contribution in [0.5, 0.6) is 0 Å². The van der Waals surface area contributed by atoms with Gasteiger partial charge in [0.2, 0.25) is 0 Å². The van der Waals surface area contributed by atoms with Crippen molar-refractivity contribution in [3.63, 3.8) is 0 Å². The summed E-state index contributed by atoms with van der Waals surface area (Å²) in [6, 6.07) is 0. The van der Waals surface area contributed by atoms with Crippen LogP contribution in [-0.4, -0.2) is 11.5 Å². The smallest absolute Gasteiger partial charge is 0 e. The maximum atomic E-state index is 2.17. The zero-order valence-corrected chi connectivity index (χ0v) is 7.23. The number of thioether (sulfide) groups is 1. The van der Waals surface area contributed by atoms with Gasteiger partial charge in [0.05, 0.1) is 0 Å². The second kappa shape index (κ2) is 9.40. The first-order chi connectivity index (χ1) is 2.41. The van der Waals surface area contributed by atoms with Crippen LogP contribution >= 0.6 is 11.8 Å². The van der Waals surface area contributed by atoms with E-state index >= 15 is 0 Å². The molecule has 0 spiro atoms. The molecule has 0 N–H and O–H groups in total. The first kappa shape index (κ1) is 10.1. The minimum atomic E-state index is 0. The second-order valence-electron chi connectivity index (χ2n) is 0.781. The first-order valence-corrected chi connectivity index (χ1v) is 3.15. The van der Waals surface area contributed by atoms with Gasteiger partial charge in [-0.1, -0.05) is 13.8 Å². The zero-order valence-electron chi connectivity index (χ0n) is 4.14. The average Bonchev–Trinajstić information content (AvgIpc) is 1.41. The molecule has 6 heavy (non-hydrogen) atoms. The van der Waals surface area contributed by atoms with Gasteiger partial charge in [0.15, 0.2) is 0 Å². The molecule has 0 saturated heterocycles. The fourth-order valence-corrected chi connectivity index (χ4v) is 0.612. The predicted octanol–water partition coefficient (Wildman–Crippen LogP) is 1.76. The number of hydrogen-bond acceptors (Lipinski definition) is 1. The fourth-order valence-electron chi connectivity index (χ4n) is 0.204. The summed E-state index contributed by atoms with van der Waals surface area (Å²) in [7, 11) is 0. The molecule has 0 unspecified atom stereocenters. The van der Waals surface area contributed by atoms with Crippen LogP contribution in [0.2, 0.25) is 0 Å². The Balaban J connectivity index is 0. The van der Waals surface area contributed by atoms with Gasteiger partial charge in [-0.2, -0.15) is 11.8 Å². The molecule has 0 radical (unpaired) electrons. The Morgan fingerprint density at radius 3 is 1.50 bits per heavy atom. The van der Waals surface area contributed by atoms with Crippen LogP contribution in [0.1, 0.15) is 13.8 Å². The molecule has 0 bridgehead atoms. The molecule has 0 rings (SSSR count). The van der Waals surface area contributed by atoms with E-state index in [2.05, 4.69) is 13.8 Å². The molecule has 42 valence electrons. The molecule has 0 aromatic heterocycles. The van der Waals surface area contributed by atoms with Crippen molar-refractivity contribution in [1.82, 2.24) is 0 Å². The van der Waals surface area contributed by atoms with Crippen LogP contribution in [0.4, 0.5) is 0 Å². The Morgan fingerprint density at radius 2 is 1.50 bits per heavy atom. The van der Waals surface area contributed by atoms with Gasteiger partial charge in [-0.25, -0.2) is 0 Å². The maximum absolute atomic E-state index is 2.17. The van der Waals surface area contributed by atoms with Crippen molar-refractivity contribution in [3.8, 4) is 0 Å². The van der Waals surface area contributed by atoms with Crippen LogP contribution in [0.25, 0.3) is 0 Å². The van der Waals surface area contributed by atoms with Gasteiger partial charge in [-0.3, -0.25) is 0 Å². The Hall–Kier alpha value is 1.04. The van der Waals surface area contributed by atoms with Gasteiger partial charge in [0.1, 0.15) is 0 Å². The summed E-state index contributed by atoms with van der Waals surface area (Å²) >= 11 is 1.96. The van der Waals surface area contributed by atoms with E-state index in [1.165, 1.54) is 11.5 Å². The Bertz CT molecular complexity index is 15.0. The summed E-state index contributed by atoms with van der Waals surface area (Å²) < 4.78 is 0. The fraction of sp³-hybridized carbons (Fsp3) is 1.00. The SMILES string of the molecule is CCSCC.[Pt]. The molecule has 0 saturated carbocycles. The molecule has 0 heterocycles. The van der Waals surface area contributed by atoms with Crippen molar-refractivity contribution >= 4 is 11.8 Å². The quantitative estimate of drug-likeness (QED) is 0.745. The summed E-state index contributed by atoms with van der Waals surface area (Å²) in [6.07, 6.45) is 0. The Labute approximate surface area is 58.3 Å². The Morgan fingerprint density at radius 1 is 1.17 bits per heavy atom. The summed E-state index contributed by atoms with van der Waals surface area (Å²) in [5.41, 5.74) is 0. The van der Waals surface area contributed by atoms with E-state index in [0.29, 0.717) is 0 Å². The molecule has 0 aromatic rings.